The molecule has 1 rings (SSSR count). The summed E-state index contributed by atoms with van der Waals surface area (Å²) >= 11 is 0. The molecule has 0 atom stereocenters. The number of hydrogen-bond acceptors (Lipinski definition) is 3. The highest BCUT2D eigenvalue weighted by Crippen LogP contribution is 2.15. The second-order valence-corrected chi connectivity index (χ2v) is 6.87. The van der Waals surface area contributed by atoms with E-state index in [1.165, 1.54) is 7.05 Å². The third-order valence-corrected chi connectivity index (χ3v) is 5.33. The number of rotatable bonds is 7. The molecule has 21 heavy (non-hydrogen) atoms. The Hall–Kier alpha value is -1.40. The molecule has 0 N–H and O–H groups in total. The summed E-state index contributed by atoms with van der Waals surface area (Å²) < 4.78 is 25.9. The summed E-state index contributed by atoms with van der Waals surface area (Å²) in [5.41, 5.74) is 1.08. The average Bonchev–Trinajstić information content (AvgIpc) is 2.48. The minimum absolute atomic E-state index is 0.139. The zero-order valence-electron chi connectivity index (χ0n) is 13.2. The standard InChI is InChI=1S/C15H24N2O3S/c1-5-13-8-10-14(11-9-13)21(19,20)16(4)12-15(18)17(6-2)7-3/h8-11H,5-7,12H2,1-4H3. The van der Waals surface area contributed by atoms with Gasteiger partial charge in [0, 0.05) is 20.1 Å². The Bertz CT molecular complexity index is 563. The van der Waals surface area contributed by atoms with Crippen molar-refractivity contribution >= 4 is 15.9 Å². The highest BCUT2D eigenvalue weighted by Gasteiger charge is 2.24. The molecule has 5 nitrogen and oxygen atoms in total. The van der Waals surface area contributed by atoms with Crippen LogP contribution in [0.2, 0.25) is 0 Å². The van der Waals surface area contributed by atoms with Crippen molar-refractivity contribution in [3.63, 3.8) is 0 Å². The van der Waals surface area contributed by atoms with E-state index in [4.69, 9.17) is 0 Å². The molecule has 0 aliphatic carbocycles. The van der Waals surface area contributed by atoms with Gasteiger partial charge in [0.05, 0.1) is 11.4 Å². The lowest BCUT2D eigenvalue weighted by atomic mass is 10.2. The maximum absolute atomic E-state index is 12.4. The Kier molecular flexibility index (Phi) is 6.36. The fraction of sp³-hybridized carbons (Fsp3) is 0.533. The normalized spacial score (nSPS) is 11.7. The first-order valence-electron chi connectivity index (χ1n) is 7.19. The first-order valence-corrected chi connectivity index (χ1v) is 8.63. The van der Waals surface area contributed by atoms with Crippen LogP contribution >= 0.6 is 0 Å². The Morgan fingerprint density at radius 3 is 2.00 bits per heavy atom. The molecule has 0 fully saturated rings. The monoisotopic (exact) mass is 312 g/mol. The highest BCUT2D eigenvalue weighted by molar-refractivity contribution is 7.89. The van der Waals surface area contributed by atoms with E-state index < -0.39 is 10.0 Å². The van der Waals surface area contributed by atoms with E-state index in [2.05, 4.69) is 0 Å². The third-order valence-electron chi connectivity index (χ3n) is 3.51. The van der Waals surface area contributed by atoms with Crippen LogP contribution in [0.3, 0.4) is 0 Å². The van der Waals surface area contributed by atoms with Crippen LogP contribution in [0.5, 0.6) is 0 Å². The Balaban J connectivity index is 2.88. The molecule has 1 aromatic carbocycles. The van der Waals surface area contributed by atoms with E-state index in [9.17, 15) is 13.2 Å². The molecule has 0 heterocycles. The number of aryl methyl sites for hydroxylation is 1. The van der Waals surface area contributed by atoms with Gasteiger partial charge in [0.25, 0.3) is 0 Å². The van der Waals surface area contributed by atoms with E-state index in [1.54, 1.807) is 29.2 Å². The van der Waals surface area contributed by atoms with Gasteiger partial charge in [0.1, 0.15) is 0 Å². The predicted octanol–water partition coefficient (Wildman–Crippen LogP) is 1.74. The van der Waals surface area contributed by atoms with Gasteiger partial charge in [-0.15, -0.1) is 0 Å². The van der Waals surface area contributed by atoms with Crippen LogP contribution in [-0.2, 0) is 21.2 Å². The number of amides is 1. The van der Waals surface area contributed by atoms with Crippen molar-refractivity contribution in [1.29, 1.82) is 0 Å². The van der Waals surface area contributed by atoms with Gasteiger partial charge < -0.3 is 4.90 Å². The van der Waals surface area contributed by atoms with E-state index in [-0.39, 0.29) is 17.3 Å². The topological polar surface area (TPSA) is 57.7 Å². The van der Waals surface area contributed by atoms with Gasteiger partial charge in [-0.25, -0.2) is 8.42 Å². The summed E-state index contributed by atoms with van der Waals surface area (Å²) in [7, 11) is -2.19. The average molecular weight is 312 g/mol. The number of carbonyl (C=O) groups is 1. The van der Waals surface area contributed by atoms with Crippen molar-refractivity contribution < 1.29 is 13.2 Å². The second-order valence-electron chi connectivity index (χ2n) is 4.82. The first-order chi connectivity index (χ1) is 9.86. The minimum atomic E-state index is -3.62. The summed E-state index contributed by atoms with van der Waals surface area (Å²) in [4.78, 5) is 13.8. The summed E-state index contributed by atoms with van der Waals surface area (Å²) in [6, 6.07) is 6.78. The fourth-order valence-electron chi connectivity index (χ4n) is 2.03. The van der Waals surface area contributed by atoms with Crippen molar-refractivity contribution in [1.82, 2.24) is 9.21 Å². The summed E-state index contributed by atoms with van der Waals surface area (Å²) in [6.07, 6.45) is 0.858. The summed E-state index contributed by atoms with van der Waals surface area (Å²) in [6.45, 7) is 6.78. The Morgan fingerprint density at radius 2 is 1.57 bits per heavy atom. The van der Waals surface area contributed by atoms with Gasteiger partial charge in [-0.05, 0) is 38.0 Å². The zero-order valence-corrected chi connectivity index (χ0v) is 14.0. The van der Waals surface area contributed by atoms with E-state index in [0.717, 1.165) is 16.3 Å². The number of sulfonamides is 1. The van der Waals surface area contributed by atoms with Crippen LogP contribution in [0, 0.1) is 0 Å². The van der Waals surface area contributed by atoms with E-state index >= 15 is 0 Å². The van der Waals surface area contributed by atoms with Crippen LogP contribution < -0.4 is 0 Å². The molecule has 1 amide bonds. The molecular weight excluding hydrogens is 288 g/mol. The lowest BCUT2D eigenvalue weighted by Crippen LogP contribution is -2.40. The van der Waals surface area contributed by atoms with Crippen molar-refractivity contribution in [2.75, 3.05) is 26.7 Å². The number of carbonyl (C=O) groups excluding carboxylic acids is 1. The van der Waals surface area contributed by atoms with Gasteiger partial charge in [-0.3, -0.25) is 4.79 Å². The number of likely N-dealkylation sites (N-methyl/N-ethyl adjacent to an activating group) is 2. The molecule has 0 radical (unpaired) electrons. The molecular formula is C15H24N2O3S. The minimum Gasteiger partial charge on any atom is -0.342 e. The summed E-state index contributed by atoms with van der Waals surface area (Å²) in [5.74, 6) is -0.184. The molecule has 118 valence electrons. The number of benzene rings is 1. The maximum Gasteiger partial charge on any atom is 0.243 e. The lowest BCUT2D eigenvalue weighted by Gasteiger charge is -2.23. The maximum atomic E-state index is 12.4. The van der Waals surface area contributed by atoms with Gasteiger partial charge in [-0.1, -0.05) is 19.1 Å². The Labute approximate surface area is 127 Å². The molecule has 0 aliphatic rings. The smallest absolute Gasteiger partial charge is 0.243 e. The molecule has 0 unspecified atom stereocenters. The second kappa shape index (κ2) is 7.56. The van der Waals surface area contributed by atoms with Crippen molar-refractivity contribution in [2.45, 2.75) is 32.1 Å². The molecule has 0 aliphatic heterocycles. The molecule has 1 aromatic rings. The van der Waals surface area contributed by atoms with Crippen LogP contribution in [0.1, 0.15) is 26.3 Å². The molecule has 0 spiro atoms. The van der Waals surface area contributed by atoms with Crippen molar-refractivity contribution in [2.24, 2.45) is 0 Å². The van der Waals surface area contributed by atoms with Crippen LogP contribution in [0.4, 0.5) is 0 Å². The quantitative estimate of drug-likeness (QED) is 0.770. The molecule has 0 saturated heterocycles. The van der Waals surface area contributed by atoms with Crippen LogP contribution in [-0.4, -0.2) is 50.2 Å². The third kappa shape index (κ3) is 4.28. The fourth-order valence-corrected chi connectivity index (χ4v) is 3.15. The van der Waals surface area contributed by atoms with Crippen LogP contribution in [0.15, 0.2) is 29.2 Å². The largest absolute Gasteiger partial charge is 0.342 e. The zero-order chi connectivity index (χ0) is 16.0. The van der Waals surface area contributed by atoms with Gasteiger partial charge >= 0.3 is 0 Å². The number of hydrogen-bond donors (Lipinski definition) is 0. The Morgan fingerprint density at radius 1 is 1.05 bits per heavy atom. The van der Waals surface area contributed by atoms with Gasteiger partial charge in [-0.2, -0.15) is 4.31 Å². The number of nitrogens with zero attached hydrogens (tertiary/aromatic N) is 2. The molecule has 0 aromatic heterocycles. The first kappa shape index (κ1) is 17.7. The van der Waals surface area contributed by atoms with Gasteiger partial charge in [0.15, 0.2) is 0 Å². The van der Waals surface area contributed by atoms with Crippen molar-refractivity contribution in [3.8, 4) is 0 Å². The van der Waals surface area contributed by atoms with E-state index in [0.29, 0.717) is 13.1 Å². The predicted molar refractivity (Wildman–Crippen MR) is 83.6 cm³/mol. The molecule has 0 saturated carbocycles. The SMILES string of the molecule is CCc1ccc(S(=O)(=O)N(C)CC(=O)N(CC)CC)cc1. The van der Waals surface area contributed by atoms with Crippen molar-refractivity contribution in [3.05, 3.63) is 29.8 Å². The summed E-state index contributed by atoms with van der Waals surface area (Å²) in [5, 5.41) is 0. The highest BCUT2D eigenvalue weighted by atomic mass is 32.2. The lowest BCUT2D eigenvalue weighted by molar-refractivity contribution is -0.130. The van der Waals surface area contributed by atoms with Crippen LogP contribution in [0.25, 0.3) is 0 Å². The van der Waals surface area contributed by atoms with E-state index in [1.807, 2.05) is 20.8 Å². The molecule has 6 heteroatoms. The van der Waals surface area contributed by atoms with Gasteiger partial charge in [0.2, 0.25) is 15.9 Å². The molecule has 0 bridgehead atoms.